The quantitative estimate of drug-likeness (QED) is 0.219. The van der Waals surface area contributed by atoms with Crippen molar-refractivity contribution in [2.75, 3.05) is 0 Å². The number of halogens is 2. The van der Waals surface area contributed by atoms with Gasteiger partial charge in [0.15, 0.2) is 0 Å². The highest BCUT2D eigenvalue weighted by Crippen LogP contribution is 2.45. The van der Waals surface area contributed by atoms with Gasteiger partial charge in [-0.1, -0.05) is 60.7 Å². The summed E-state index contributed by atoms with van der Waals surface area (Å²) in [6.07, 6.45) is 0. The molecule has 118 valence electrons. The fourth-order valence-electron chi connectivity index (χ4n) is 2.67. The van der Waals surface area contributed by atoms with E-state index < -0.39 is 0 Å². The Labute approximate surface area is 176 Å². The van der Waals surface area contributed by atoms with E-state index in [4.69, 9.17) is 0 Å². The van der Waals surface area contributed by atoms with Crippen molar-refractivity contribution in [3.63, 3.8) is 0 Å². The molecule has 0 N–H and O–H groups in total. The Bertz CT molecular complexity index is 970. The predicted molar refractivity (Wildman–Crippen MR) is 124 cm³/mol. The van der Waals surface area contributed by atoms with Crippen LogP contribution in [0.3, 0.4) is 0 Å². The molecule has 0 spiro atoms. The van der Waals surface area contributed by atoms with E-state index in [1.807, 2.05) is 22.7 Å². The number of benzene rings is 2. The summed E-state index contributed by atoms with van der Waals surface area (Å²) in [6, 6.07) is 26.0. The van der Waals surface area contributed by atoms with Crippen molar-refractivity contribution >= 4 is 67.9 Å². The van der Waals surface area contributed by atoms with Gasteiger partial charge in [-0.3, -0.25) is 0 Å². The number of hydrogen-bond donors (Lipinski definition) is 0. The average Bonchev–Trinajstić information content (AvgIpc) is 3.19. The van der Waals surface area contributed by atoms with Crippen LogP contribution in [0.15, 0.2) is 72.8 Å². The molecular weight excluding hydrogens is 558 g/mol. The fraction of sp³-hybridized carbons (Fsp3) is 0. The zero-order valence-electron chi connectivity index (χ0n) is 12.5. The van der Waals surface area contributed by atoms with Crippen LogP contribution in [0.5, 0.6) is 0 Å². The molecule has 2 aromatic carbocycles. The van der Waals surface area contributed by atoms with Crippen LogP contribution in [0.4, 0.5) is 0 Å². The predicted octanol–water partition coefficient (Wildman–Crippen LogP) is 8.02. The Morgan fingerprint density at radius 3 is 1.83 bits per heavy atom. The molecule has 2 heterocycles. The normalized spacial score (nSPS) is 10.9. The third kappa shape index (κ3) is 3.34. The topological polar surface area (TPSA) is 0 Å². The van der Waals surface area contributed by atoms with Gasteiger partial charge in [-0.05, 0) is 68.4 Å². The van der Waals surface area contributed by atoms with Gasteiger partial charge in [-0.25, -0.2) is 0 Å². The van der Waals surface area contributed by atoms with E-state index in [0.717, 1.165) is 0 Å². The second kappa shape index (κ2) is 7.27. The highest BCUT2D eigenvalue weighted by Gasteiger charge is 2.16. The van der Waals surface area contributed by atoms with Gasteiger partial charge < -0.3 is 0 Å². The van der Waals surface area contributed by atoms with Crippen molar-refractivity contribution in [3.05, 3.63) is 78.6 Å². The molecule has 0 unspecified atom stereocenters. The SMILES string of the molecule is Ic1cc(-c2ccccc2)c(-c2cc(-c3ccccc3)c(I)s2)s1. The summed E-state index contributed by atoms with van der Waals surface area (Å²) in [6.45, 7) is 0. The first-order valence-electron chi connectivity index (χ1n) is 7.42. The molecule has 2 aromatic heterocycles. The first-order chi connectivity index (χ1) is 11.7. The van der Waals surface area contributed by atoms with E-state index in [1.165, 1.54) is 37.8 Å². The summed E-state index contributed by atoms with van der Waals surface area (Å²) in [5.74, 6) is 0. The minimum atomic E-state index is 1.29. The maximum Gasteiger partial charge on any atom is 0.0738 e. The van der Waals surface area contributed by atoms with Crippen molar-refractivity contribution in [3.8, 4) is 32.0 Å². The molecule has 24 heavy (non-hydrogen) atoms. The van der Waals surface area contributed by atoms with Gasteiger partial charge >= 0.3 is 0 Å². The molecule has 0 radical (unpaired) electrons. The summed E-state index contributed by atoms with van der Waals surface area (Å²) >= 11 is 8.65. The molecule has 4 aromatic rings. The average molecular weight is 570 g/mol. The molecule has 0 aliphatic rings. The standard InChI is InChI=1S/C20H12I2S2/c21-18-12-15(13-7-3-1-4-8-13)19(24-18)17-11-16(20(22)23-17)14-9-5-2-6-10-14/h1-12H. The van der Waals surface area contributed by atoms with Crippen LogP contribution in [0, 0.1) is 5.77 Å². The van der Waals surface area contributed by atoms with E-state index in [1.54, 1.807) is 0 Å². The Morgan fingerprint density at radius 1 is 0.625 bits per heavy atom. The molecule has 0 aliphatic heterocycles. The summed E-state index contributed by atoms with van der Waals surface area (Å²) in [4.78, 5) is 2.72. The van der Waals surface area contributed by atoms with Crippen molar-refractivity contribution in [2.45, 2.75) is 0 Å². The third-order valence-electron chi connectivity index (χ3n) is 3.78. The van der Waals surface area contributed by atoms with Gasteiger partial charge in [-0.15, -0.1) is 22.7 Å². The van der Waals surface area contributed by atoms with Gasteiger partial charge in [0.05, 0.1) is 10.6 Å². The minimum absolute atomic E-state index is 1.29. The third-order valence-corrected chi connectivity index (χ3v) is 8.02. The van der Waals surface area contributed by atoms with Crippen LogP contribution in [-0.2, 0) is 0 Å². The lowest BCUT2D eigenvalue weighted by molar-refractivity contribution is 1.66. The van der Waals surface area contributed by atoms with Crippen LogP contribution in [0.25, 0.3) is 32.0 Å². The number of hydrogen-bond acceptors (Lipinski definition) is 2. The first-order valence-corrected chi connectivity index (χ1v) is 11.2. The molecule has 4 heteroatoms. The van der Waals surface area contributed by atoms with E-state index in [0.29, 0.717) is 0 Å². The van der Waals surface area contributed by atoms with E-state index >= 15 is 0 Å². The van der Waals surface area contributed by atoms with Gasteiger partial charge in [0.2, 0.25) is 0 Å². The smallest absolute Gasteiger partial charge is 0.0738 e. The minimum Gasteiger partial charge on any atom is -0.128 e. The van der Waals surface area contributed by atoms with Gasteiger partial charge in [0.25, 0.3) is 0 Å². The monoisotopic (exact) mass is 570 g/mol. The van der Waals surface area contributed by atoms with E-state index in [9.17, 15) is 0 Å². The van der Waals surface area contributed by atoms with Crippen LogP contribution in [0.2, 0.25) is 0 Å². The molecule has 0 aliphatic carbocycles. The van der Waals surface area contributed by atoms with Crippen molar-refractivity contribution in [2.24, 2.45) is 0 Å². The van der Waals surface area contributed by atoms with Crippen LogP contribution in [0.1, 0.15) is 0 Å². The molecular formula is C20H12I2S2. The second-order valence-electron chi connectivity index (χ2n) is 5.32. The second-order valence-corrected chi connectivity index (χ2v) is 11.1. The summed E-state index contributed by atoms with van der Waals surface area (Å²) in [5, 5.41) is 0. The van der Waals surface area contributed by atoms with Gasteiger partial charge in [0, 0.05) is 16.0 Å². The number of thiophene rings is 2. The molecule has 4 rings (SSSR count). The highest BCUT2D eigenvalue weighted by atomic mass is 127. The molecule has 0 nitrogen and oxygen atoms in total. The molecule has 0 atom stereocenters. The van der Waals surface area contributed by atoms with Gasteiger partial charge in [0.1, 0.15) is 0 Å². The lowest BCUT2D eigenvalue weighted by Gasteiger charge is -2.01. The fourth-order valence-corrected chi connectivity index (χ4v) is 6.75. The molecule has 0 saturated heterocycles. The van der Waals surface area contributed by atoms with E-state index in [2.05, 4.69) is 118 Å². The zero-order valence-corrected chi connectivity index (χ0v) is 18.4. The summed E-state index contributed by atoms with van der Waals surface area (Å²) in [5.41, 5.74) is 5.24. The van der Waals surface area contributed by atoms with Crippen molar-refractivity contribution in [1.82, 2.24) is 0 Å². The summed E-state index contributed by atoms with van der Waals surface area (Å²) in [7, 11) is 0. The largest absolute Gasteiger partial charge is 0.128 e. The molecule has 0 amide bonds. The zero-order chi connectivity index (χ0) is 16.5. The maximum atomic E-state index is 2.47. The summed E-state index contributed by atoms with van der Waals surface area (Å²) < 4.78 is 2.67. The highest BCUT2D eigenvalue weighted by molar-refractivity contribution is 14.1. The van der Waals surface area contributed by atoms with Crippen molar-refractivity contribution < 1.29 is 0 Å². The molecule has 0 fully saturated rings. The maximum absolute atomic E-state index is 2.47. The number of rotatable bonds is 3. The van der Waals surface area contributed by atoms with Gasteiger partial charge in [-0.2, -0.15) is 0 Å². The van der Waals surface area contributed by atoms with Crippen molar-refractivity contribution in [1.29, 1.82) is 0 Å². The van der Waals surface area contributed by atoms with Crippen LogP contribution < -0.4 is 0 Å². The lowest BCUT2D eigenvalue weighted by atomic mass is 10.1. The lowest BCUT2D eigenvalue weighted by Crippen LogP contribution is -1.76. The Hall–Kier alpha value is -0.700. The first kappa shape index (κ1) is 16.8. The molecule has 0 saturated carbocycles. The Morgan fingerprint density at radius 2 is 1.21 bits per heavy atom. The Kier molecular flexibility index (Phi) is 5.08. The van der Waals surface area contributed by atoms with Crippen LogP contribution in [-0.4, -0.2) is 0 Å². The molecule has 0 bridgehead atoms. The van der Waals surface area contributed by atoms with E-state index in [-0.39, 0.29) is 0 Å². The Balaban J connectivity index is 1.84. The van der Waals surface area contributed by atoms with Crippen LogP contribution >= 0.6 is 67.9 Å².